The molecule has 0 bridgehead atoms. The predicted molar refractivity (Wildman–Crippen MR) is 119 cm³/mol. The lowest BCUT2D eigenvalue weighted by Crippen LogP contribution is -2.38. The number of aliphatic imine (C=N–C) groups is 1. The SMILES string of the molecule is CCNC(=NCCOCC1CCCO1)NC(C)c1cc2ccccc2o1.I. The molecule has 0 saturated carbocycles. The minimum atomic E-state index is 0. The first-order valence-electron chi connectivity index (χ1n) is 9.49. The van der Waals surface area contributed by atoms with Crippen molar-refractivity contribution < 1.29 is 13.9 Å². The van der Waals surface area contributed by atoms with E-state index in [1.165, 1.54) is 0 Å². The van der Waals surface area contributed by atoms with E-state index in [2.05, 4.69) is 41.6 Å². The van der Waals surface area contributed by atoms with Crippen LogP contribution in [0, 0.1) is 0 Å². The number of benzene rings is 1. The number of para-hydroxylation sites is 1. The van der Waals surface area contributed by atoms with E-state index >= 15 is 0 Å². The van der Waals surface area contributed by atoms with Gasteiger partial charge in [0.1, 0.15) is 11.3 Å². The van der Waals surface area contributed by atoms with Gasteiger partial charge >= 0.3 is 0 Å². The zero-order valence-electron chi connectivity index (χ0n) is 16.1. The summed E-state index contributed by atoms with van der Waals surface area (Å²) in [5.74, 6) is 1.66. The summed E-state index contributed by atoms with van der Waals surface area (Å²) in [5, 5.41) is 7.77. The Morgan fingerprint density at radius 3 is 2.96 bits per heavy atom. The Morgan fingerprint density at radius 2 is 2.22 bits per heavy atom. The highest BCUT2D eigenvalue weighted by molar-refractivity contribution is 14.0. The van der Waals surface area contributed by atoms with Crippen molar-refractivity contribution in [1.82, 2.24) is 10.6 Å². The fourth-order valence-electron chi connectivity index (χ4n) is 3.02. The molecule has 2 atom stereocenters. The summed E-state index contributed by atoms with van der Waals surface area (Å²) >= 11 is 0. The van der Waals surface area contributed by atoms with E-state index in [9.17, 15) is 0 Å². The molecule has 2 aromatic rings. The second-order valence-electron chi connectivity index (χ2n) is 6.52. The molecule has 0 radical (unpaired) electrons. The molecule has 150 valence electrons. The number of halogens is 1. The lowest BCUT2D eigenvalue weighted by atomic mass is 10.2. The van der Waals surface area contributed by atoms with Crippen LogP contribution >= 0.6 is 24.0 Å². The molecule has 27 heavy (non-hydrogen) atoms. The van der Waals surface area contributed by atoms with Crippen LogP contribution in [0.2, 0.25) is 0 Å². The number of fused-ring (bicyclic) bond motifs is 1. The van der Waals surface area contributed by atoms with Crippen molar-refractivity contribution in [3.05, 3.63) is 36.1 Å². The minimum Gasteiger partial charge on any atom is -0.459 e. The fourth-order valence-corrected chi connectivity index (χ4v) is 3.02. The monoisotopic (exact) mass is 487 g/mol. The summed E-state index contributed by atoms with van der Waals surface area (Å²) in [6, 6.07) is 10.1. The van der Waals surface area contributed by atoms with E-state index in [0.717, 1.165) is 48.7 Å². The largest absolute Gasteiger partial charge is 0.459 e. The molecule has 1 fully saturated rings. The Labute approximate surface area is 178 Å². The number of hydrogen-bond acceptors (Lipinski definition) is 4. The van der Waals surface area contributed by atoms with Gasteiger partial charge in [0, 0.05) is 18.5 Å². The number of ether oxygens (including phenoxy) is 2. The summed E-state index contributed by atoms with van der Waals surface area (Å²) in [6.45, 7) is 7.64. The molecule has 0 aliphatic carbocycles. The molecule has 2 N–H and O–H groups in total. The molecule has 2 unspecified atom stereocenters. The first-order valence-corrected chi connectivity index (χ1v) is 9.49. The Hall–Kier alpha value is -1.32. The van der Waals surface area contributed by atoms with E-state index in [0.29, 0.717) is 19.8 Å². The molecular weight excluding hydrogens is 457 g/mol. The molecule has 7 heteroatoms. The molecule has 6 nitrogen and oxygen atoms in total. The summed E-state index contributed by atoms with van der Waals surface area (Å²) < 4.78 is 17.1. The van der Waals surface area contributed by atoms with Gasteiger partial charge in [-0.3, -0.25) is 4.99 Å². The van der Waals surface area contributed by atoms with E-state index in [-0.39, 0.29) is 36.1 Å². The zero-order valence-corrected chi connectivity index (χ0v) is 18.4. The summed E-state index contributed by atoms with van der Waals surface area (Å²) in [6.07, 6.45) is 2.50. The van der Waals surface area contributed by atoms with Crippen LogP contribution in [-0.2, 0) is 9.47 Å². The van der Waals surface area contributed by atoms with Crippen LogP contribution in [0.3, 0.4) is 0 Å². The maximum Gasteiger partial charge on any atom is 0.191 e. The van der Waals surface area contributed by atoms with Gasteiger partial charge in [-0.25, -0.2) is 0 Å². The Kier molecular flexibility index (Phi) is 9.36. The van der Waals surface area contributed by atoms with Crippen LogP contribution in [0.1, 0.15) is 38.5 Å². The number of furan rings is 1. The average molecular weight is 487 g/mol. The molecule has 0 amide bonds. The molecule has 1 saturated heterocycles. The van der Waals surface area contributed by atoms with E-state index in [4.69, 9.17) is 13.9 Å². The fraction of sp³-hybridized carbons (Fsp3) is 0.550. The van der Waals surface area contributed by atoms with Crippen molar-refractivity contribution in [2.45, 2.75) is 38.8 Å². The van der Waals surface area contributed by atoms with Crippen LogP contribution in [-0.4, -0.2) is 45.0 Å². The second-order valence-corrected chi connectivity index (χ2v) is 6.52. The van der Waals surface area contributed by atoms with E-state index in [1.807, 2.05) is 18.2 Å². The van der Waals surface area contributed by atoms with Crippen LogP contribution in [0.4, 0.5) is 0 Å². The maximum atomic E-state index is 5.92. The lowest BCUT2D eigenvalue weighted by molar-refractivity contribution is 0.0200. The summed E-state index contributed by atoms with van der Waals surface area (Å²) in [4.78, 5) is 4.58. The van der Waals surface area contributed by atoms with Crippen molar-refractivity contribution >= 4 is 40.9 Å². The van der Waals surface area contributed by atoms with Crippen LogP contribution in [0.25, 0.3) is 11.0 Å². The number of guanidine groups is 1. The highest BCUT2D eigenvalue weighted by Gasteiger charge is 2.15. The van der Waals surface area contributed by atoms with Gasteiger partial charge in [-0.15, -0.1) is 24.0 Å². The van der Waals surface area contributed by atoms with E-state index < -0.39 is 0 Å². The maximum absolute atomic E-state index is 5.92. The second kappa shape index (κ2) is 11.5. The van der Waals surface area contributed by atoms with Crippen molar-refractivity contribution in [2.24, 2.45) is 4.99 Å². The van der Waals surface area contributed by atoms with Gasteiger partial charge < -0.3 is 24.5 Å². The quantitative estimate of drug-likeness (QED) is 0.256. The average Bonchev–Trinajstić information content (AvgIpc) is 3.30. The number of rotatable bonds is 8. The molecule has 0 spiro atoms. The molecule has 1 aromatic carbocycles. The van der Waals surface area contributed by atoms with Crippen molar-refractivity contribution in [2.75, 3.05) is 32.9 Å². The summed E-state index contributed by atoms with van der Waals surface area (Å²) in [7, 11) is 0. The van der Waals surface area contributed by atoms with Gasteiger partial charge in [-0.1, -0.05) is 18.2 Å². The molecule has 1 aliphatic rings. The first kappa shape index (κ1) is 22.0. The molecule has 2 heterocycles. The van der Waals surface area contributed by atoms with Crippen molar-refractivity contribution in [1.29, 1.82) is 0 Å². The molecule has 3 rings (SSSR count). The lowest BCUT2D eigenvalue weighted by Gasteiger charge is -2.16. The molecule has 1 aromatic heterocycles. The Morgan fingerprint density at radius 1 is 1.37 bits per heavy atom. The normalized spacial score (nSPS) is 18.3. The van der Waals surface area contributed by atoms with Gasteiger partial charge in [0.25, 0.3) is 0 Å². The highest BCUT2D eigenvalue weighted by atomic mass is 127. The minimum absolute atomic E-state index is 0. The Bertz CT molecular complexity index is 680. The van der Waals surface area contributed by atoms with Crippen LogP contribution in [0.5, 0.6) is 0 Å². The standard InChI is InChI=1S/C20H29N3O3.HI/c1-3-21-20(22-10-12-24-14-17-8-6-11-25-17)23-15(2)19-13-16-7-4-5-9-18(16)26-19;/h4-5,7,9,13,15,17H,3,6,8,10-12,14H2,1-2H3,(H2,21,22,23);1H. The zero-order chi connectivity index (χ0) is 18.2. The van der Waals surface area contributed by atoms with Gasteiger partial charge in [0.2, 0.25) is 0 Å². The summed E-state index contributed by atoms with van der Waals surface area (Å²) in [5.41, 5.74) is 0.903. The van der Waals surface area contributed by atoms with Crippen LogP contribution in [0.15, 0.2) is 39.7 Å². The van der Waals surface area contributed by atoms with Gasteiger partial charge in [0.15, 0.2) is 5.96 Å². The Balaban J connectivity index is 0.00000261. The third kappa shape index (κ3) is 6.65. The van der Waals surface area contributed by atoms with E-state index in [1.54, 1.807) is 0 Å². The topological polar surface area (TPSA) is 68.0 Å². The third-order valence-electron chi connectivity index (χ3n) is 4.40. The van der Waals surface area contributed by atoms with Crippen LogP contribution < -0.4 is 10.6 Å². The smallest absolute Gasteiger partial charge is 0.191 e. The number of nitrogens with one attached hydrogen (secondary N) is 2. The molecular formula is C20H30IN3O3. The third-order valence-corrected chi connectivity index (χ3v) is 4.40. The van der Waals surface area contributed by atoms with Crippen molar-refractivity contribution in [3.63, 3.8) is 0 Å². The van der Waals surface area contributed by atoms with Gasteiger partial charge in [-0.05, 0) is 38.8 Å². The highest BCUT2D eigenvalue weighted by Crippen LogP contribution is 2.23. The van der Waals surface area contributed by atoms with Gasteiger partial charge in [-0.2, -0.15) is 0 Å². The number of nitrogens with zero attached hydrogens (tertiary/aromatic N) is 1. The van der Waals surface area contributed by atoms with Gasteiger partial charge in [0.05, 0.1) is 31.9 Å². The predicted octanol–water partition coefficient (Wildman–Crippen LogP) is 3.86. The van der Waals surface area contributed by atoms with Crippen molar-refractivity contribution in [3.8, 4) is 0 Å². The first-order chi connectivity index (χ1) is 12.8. The number of hydrogen-bond donors (Lipinski definition) is 2. The molecule has 1 aliphatic heterocycles.